The number of fused-ring (bicyclic) bond motifs is 1. The van der Waals surface area contributed by atoms with Crippen molar-refractivity contribution in [2.45, 2.75) is 52.1 Å². The molecule has 3 nitrogen and oxygen atoms in total. The van der Waals surface area contributed by atoms with Gasteiger partial charge in [0, 0.05) is 4.88 Å². The summed E-state index contributed by atoms with van der Waals surface area (Å²) in [5.74, 6) is 0.141. The quantitative estimate of drug-likeness (QED) is 0.781. The molecule has 4 heteroatoms. The van der Waals surface area contributed by atoms with Crippen LogP contribution in [0.3, 0.4) is 0 Å². The molecule has 0 bridgehead atoms. The molecular weight excluding hydrogens is 234 g/mol. The summed E-state index contributed by atoms with van der Waals surface area (Å²) in [6.07, 6.45) is 2.14. The molecule has 0 aliphatic heterocycles. The second-order valence-electron chi connectivity index (χ2n) is 5.62. The van der Waals surface area contributed by atoms with Crippen LogP contribution in [0.1, 0.15) is 60.8 Å². The summed E-state index contributed by atoms with van der Waals surface area (Å²) in [7, 11) is 0. The van der Waals surface area contributed by atoms with Gasteiger partial charge in [-0.15, -0.1) is 11.3 Å². The van der Waals surface area contributed by atoms with E-state index in [4.69, 9.17) is 10.5 Å². The molecule has 2 N–H and O–H groups in total. The fourth-order valence-electron chi connectivity index (χ4n) is 2.25. The van der Waals surface area contributed by atoms with Crippen molar-refractivity contribution in [2.75, 3.05) is 5.73 Å². The minimum absolute atomic E-state index is 0.277. The number of nitrogens with two attached hydrogens (primary N) is 1. The first-order valence-corrected chi connectivity index (χ1v) is 6.75. The van der Waals surface area contributed by atoms with E-state index in [1.54, 1.807) is 0 Å². The molecule has 0 saturated carbocycles. The van der Waals surface area contributed by atoms with Crippen LogP contribution in [0.5, 0.6) is 0 Å². The third-order valence-electron chi connectivity index (χ3n) is 2.95. The van der Waals surface area contributed by atoms with Crippen molar-refractivity contribution in [1.82, 2.24) is 0 Å². The van der Waals surface area contributed by atoms with Gasteiger partial charge in [0.25, 0.3) is 0 Å². The number of aryl methyl sites for hydroxylation is 1. The first-order chi connectivity index (χ1) is 7.79. The molecule has 1 aliphatic rings. The highest BCUT2D eigenvalue weighted by Gasteiger charge is 2.32. The number of carbonyl (C=O) groups excluding carboxylic acids is 1. The standard InChI is InChI=1S/C13H19NO2S/c1-7-5-6-8-9(7)10(11(14)17-8)12(15)16-13(2,3)4/h7H,5-6,14H2,1-4H3. The summed E-state index contributed by atoms with van der Waals surface area (Å²) < 4.78 is 5.42. The first kappa shape index (κ1) is 12.4. The van der Waals surface area contributed by atoms with Gasteiger partial charge in [-0.1, -0.05) is 6.92 Å². The maximum absolute atomic E-state index is 12.2. The Morgan fingerprint density at radius 3 is 2.71 bits per heavy atom. The van der Waals surface area contributed by atoms with E-state index in [1.165, 1.54) is 16.2 Å². The zero-order valence-corrected chi connectivity index (χ0v) is 11.6. The van der Waals surface area contributed by atoms with Gasteiger partial charge in [0.1, 0.15) is 10.6 Å². The molecule has 0 spiro atoms. The molecule has 0 aromatic carbocycles. The van der Waals surface area contributed by atoms with E-state index in [0.29, 0.717) is 16.5 Å². The fraction of sp³-hybridized carbons (Fsp3) is 0.615. The molecule has 94 valence electrons. The number of esters is 1. The Hall–Kier alpha value is -1.03. The lowest BCUT2D eigenvalue weighted by Crippen LogP contribution is -2.24. The van der Waals surface area contributed by atoms with Gasteiger partial charge in [-0.3, -0.25) is 0 Å². The lowest BCUT2D eigenvalue weighted by atomic mass is 10.0. The van der Waals surface area contributed by atoms with Crippen LogP contribution in [-0.4, -0.2) is 11.6 Å². The molecule has 1 heterocycles. The summed E-state index contributed by atoms with van der Waals surface area (Å²) in [5, 5.41) is 0.607. The molecule has 1 aliphatic carbocycles. The maximum atomic E-state index is 12.2. The minimum atomic E-state index is -0.472. The highest BCUT2D eigenvalue weighted by atomic mass is 32.1. The first-order valence-electron chi connectivity index (χ1n) is 5.94. The molecule has 0 radical (unpaired) electrons. The smallest absolute Gasteiger partial charge is 0.341 e. The van der Waals surface area contributed by atoms with Crippen molar-refractivity contribution >= 4 is 22.3 Å². The van der Waals surface area contributed by atoms with Gasteiger partial charge in [0.15, 0.2) is 0 Å². The highest BCUT2D eigenvalue weighted by molar-refractivity contribution is 7.16. The van der Waals surface area contributed by atoms with E-state index < -0.39 is 5.60 Å². The van der Waals surface area contributed by atoms with Crippen LogP contribution in [0.25, 0.3) is 0 Å². The molecule has 1 unspecified atom stereocenters. The van der Waals surface area contributed by atoms with E-state index in [-0.39, 0.29) is 5.97 Å². The fourth-order valence-corrected chi connectivity index (χ4v) is 3.44. The molecular formula is C13H19NO2S. The van der Waals surface area contributed by atoms with Crippen molar-refractivity contribution in [3.63, 3.8) is 0 Å². The number of hydrogen-bond acceptors (Lipinski definition) is 4. The van der Waals surface area contributed by atoms with Crippen LogP contribution in [0.4, 0.5) is 5.00 Å². The summed E-state index contributed by atoms with van der Waals surface area (Å²) >= 11 is 1.54. The lowest BCUT2D eigenvalue weighted by molar-refractivity contribution is 0.00698. The number of hydrogen-bond donors (Lipinski definition) is 1. The minimum Gasteiger partial charge on any atom is -0.456 e. The average molecular weight is 253 g/mol. The molecule has 2 rings (SSSR count). The SMILES string of the molecule is CC1CCc2sc(N)c(C(=O)OC(C)(C)C)c21. The molecule has 17 heavy (non-hydrogen) atoms. The van der Waals surface area contributed by atoms with Crippen LogP contribution in [0, 0.1) is 0 Å². The average Bonchev–Trinajstić information content (AvgIpc) is 2.63. The van der Waals surface area contributed by atoms with Crippen LogP contribution in [0.2, 0.25) is 0 Å². The van der Waals surface area contributed by atoms with Crippen molar-refractivity contribution in [2.24, 2.45) is 0 Å². The Bertz CT molecular complexity index is 457. The highest BCUT2D eigenvalue weighted by Crippen LogP contribution is 2.44. The number of rotatable bonds is 1. The van der Waals surface area contributed by atoms with Gasteiger partial charge in [-0.2, -0.15) is 0 Å². The van der Waals surface area contributed by atoms with Gasteiger partial charge >= 0.3 is 5.97 Å². The normalized spacial score (nSPS) is 19.2. The van der Waals surface area contributed by atoms with E-state index in [9.17, 15) is 4.79 Å². The second-order valence-corrected chi connectivity index (χ2v) is 6.76. The summed E-state index contributed by atoms with van der Waals surface area (Å²) in [6, 6.07) is 0. The van der Waals surface area contributed by atoms with E-state index in [0.717, 1.165) is 18.4 Å². The number of ether oxygens (including phenoxy) is 1. The van der Waals surface area contributed by atoms with E-state index >= 15 is 0 Å². The van der Waals surface area contributed by atoms with Crippen molar-refractivity contribution in [3.8, 4) is 0 Å². The molecule has 1 aromatic rings. The molecule has 1 atom stereocenters. The number of nitrogen functional groups attached to an aromatic ring is 1. The van der Waals surface area contributed by atoms with Gasteiger partial charge in [0.05, 0.1) is 5.56 Å². The number of anilines is 1. The van der Waals surface area contributed by atoms with E-state index in [2.05, 4.69) is 6.92 Å². The lowest BCUT2D eigenvalue weighted by Gasteiger charge is -2.20. The third-order valence-corrected chi connectivity index (χ3v) is 4.04. The summed E-state index contributed by atoms with van der Waals surface area (Å²) in [6.45, 7) is 7.76. The Morgan fingerprint density at radius 1 is 1.47 bits per heavy atom. The van der Waals surface area contributed by atoms with Crippen molar-refractivity contribution in [3.05, 3.63) is 16.0 Å². The van der Waals surface area contributed by atoms with Gasteiger partial charge < -0.3 is 10.5 Å². The predicted octanol–water partition coefficient (Wildman–Crippen LogP) is 3.34. The topological polar surface area (TPSA) is 52.3 Å². The van der Waals surface area contributed by atoms with Crippen molar-refractivity contribution < 1.29 is 9.53 Å². The molecule has 0 fully saturated rings. The molecule has 1 aromatic heterocycles. The second kappa shape index (κ2) is 4.02. The summed E-state index contributed by atoms with van der Waals surface area (Å²) in [5.41, 5.74) is 7.22. The predicted molar refractivity (Wildman–Crippen MR) is 70.6 cm³/mol. The van der Waals surface area contributed by atoms with Crippen LogP contribution < -0.4 is 5.73 Å². The van der Waals surface area contributed by atoms with Crippen LogP contribution in [0.15, 0.2) is 0 Å². The molecule has 0 amide bonds. The van der Waals surface area contributed by atoms with Gasteiger partial charge in [0.2, 0.25) is 0 Å². The largest absolute Gasteiger partial charge is 0.456 e. The van der Waals surface area contributed by atoms with Gasteiger partial charge in [-0.05, 0) is 45.1 Å². The number of carbonyl (C=O) groups is 1. The zero-order chi connectivity index (χ0) is 12.8. The molecule has 0 saturated heterocycles. The van der Waals surface area contributed by atoms with E-state index in [1.807, 2.05) is 20.8 Å². The van der Waals surface area contributed by atoms with Gasteiger partial charge in [-0.25, -0.2) is 4.79 Å². The van der Waals surface area contributed by atoms with Crippen LogP contribution in [-0.2, 0) is 11.2 Å². The Kier molecular flexibility index (Phi) is 2.94. The van der Waals surface area contributed by atoms with Crippen LogP contribution >= 0.6 is 11.3 Å². The monoisotopic (exact) mass is 253 g/mol. The number of thiophene rings is 1. The van der Waals surface area contributed by atoms with Crippen molar-refractivity contribution in [1.29, 1.82) is 0 Å². The Morgan fingerprint density at radius 2 is 2.12 bits per heavy atom. The Balaban J connectivity index is 2.36. The maximum Gasteiger partial charge on any atom is 0.341 e. The summed E-state index contributed by atoms with van der Waals surface area (Å²) in [4.78, 5) is 13.4. The zero-order valence-electron chi connectivity index (χ0n) is 10.8. The third kappa shape index (κ3) is 2.32. The Labute approximate surface area is 106 Å².